The fourth-order valence-electron chi connectivity index (χ4n) is 2.45. The number of rotatable bonds is 3. The van der Waals surface area contributed by atoms with Gasteiger partial charge < -0.3 is 19.8 Å². The van der Waals surface area contributed by atoms with Crippen LogP contribution in [0.5, 0.6) is 0 Å². The van der Waals surface area contributed by atoms with Crippen LogP contribution >= 0.6 is 0 Å². The summed E-state index contributed by atoms with van der Waals surface area (Å²) in [5, 5.41) is 0. The summed E-state index contributed by atoms with van der Waals surface area (Å²) in [5.41, 5.74) is 9.22. The Balaban J connectivity index is 1.78. The maximum atomic E-state index is 11.6. The zero-order chi connectivity index (χ0) is 14.8. The van der Waals surface area contributed by atoms with Gasteiger partial charge in [0.2, 0.25) is 0 Å². The lowest BCUT2D eigenvalue weighted by atomic mass is 9.99. The molecule has 110 valence electrons. The number of carbonyl (C=O) groups is 1. The quantitative estimate of drug-likeness (QED) is 0.687. The summed E-state index contributed by atoms with van der Waals surface area (Å²) in [6.45, 7) is 3.53. The number of hydrogen-bond donors (Lipinski definition) is 1. The third-order valence-electron chi connectivity index (χ3n) is 3.49. The van der Waals surface area contributed by atoms with Gasteiger partial charge >= 0.3 is 5.97 Å². The summed E-state index contributed by atoms with van der Waals surface area (Å²) in [6.07, 6.45) is 2.23. The van der Waals surface area contributed by atoms with Gasteiger partial charge in [0.15, 0.2) is 5.69 Å². The smallest absolute Gasteiger partial charge is 0.360 e. The SMILES string of the molecule is CCOC(=O)c1coc(N2CCc3ccc(N)cc3C2)n1. The van der Waals surface area contributed by atoms with Crippen LogP contribution in [0.3, 0.4) is 0 Å². The highest BCUT2D eigenvalue weighted by molar-refractivity contribution is 5.87. The minimum absolute atomic E-state index is 0.199. The predicted molar refractivity (Wildman–Crippen MR) is 78.1 cm³/mol. The van der Waals surface area contributed by atoms with Crippen LogP contribution in [0.15, 0.2) is 28.9 Å². The molecule has 1 aromatic heterocycles. The molecule has 2 heterocycles. The molecule has 0 saturated carbocycles. The van der Waals surface area contributed by atoms with Crippen LogP contribution in [0.4, 0.5) is 11.7 Å². The molecule has 1 aliphatic rings. The van der Waals surface area contributed by atoms with E-state index in [9.17, 15) is 4.79 Å². The second-order valence-electron chi connectivity index (χ2n) is 4.94. The molecular formula is C15H17N3O3. The lowest BCUT2D eigenvalue weighted by Crippen LogP contribution is -2.30. The highest BCUT2D eigenvalue weighted by Crippen LogP contribution is 2.25. The minimum Gasteiger partial charge on any atom is -0.461 e. The minimum atomic E-state index is -0.464. The van der Waals surface area contributed by atoms with Crippen molar-refractivity contribution in [3.63, 3.8) is 0 Å². The van der Waals surface area contributed by atoms with E-state index in [0.29, 0.717) is 19.2 Å². The van der Waals surface area contributed by atoms with E-state index in [1.54, 1.807) is 6.92 Å². The molecule has 1 aliphatic heterocycles. The van der Waals surface area contributed by atoms with Crippen molar-refractivity contribution in [2.75, 3.05) is 23.8 Å². The average Bonchev–Trinajstić information content (AvgIpc) is 2.96. The topological polar surface area (TPSA) is 81.6 Å². The molecule has 0 saturated heterocycles. The summed E-state index contributed by atoms with van der Waals surface area (Å²) >= 11 is 0. The first-order valence-electron chi connectivity index (χ1n) is 6.92. The number of nitrogen functional groups attached to an aromatic ring is 1. The van der Waals surface area contributed by atoms with E-state index in [1.165, 1.54) is 11.8 Å². The first-order chi connectivity index (χ1) is 10.2. The van der Waals surface area contributed by atoms with Gasteiger partial charge in [-0.1, -0.05) is 6.07 Å². The van der Waals surface area contributed by atoms with Crippen molar-refractivity contribution < 1.29 is 13.9 Å². The molecule has 0 unspecified atom stereocenters. The standard InChI is InChI=1S/C15H17N3O3/c1-2-20-14(19)13-9-21-15(17-13)18-6-5-10-3-4-12(16)7-11(10)8-18/h3-4,7,9H,2,5-6,8,16H2,1H3. The molecule has 0 spiro atoms. The molecule has 2 aromatic rings. The fraction of sp³-hybridized carbons (Fsp3) is 0.333. The molecule has 0 bridgehead atoms. The Morgan fingerprint density at radius 3 is 3.14 bits per heavy atom. The Labute approximate surface area is 122 Å². The highest BCUT2D eigenvalue weighted by Gasteiger charge is 2.22. The molecular weight excluding hydrogens is 270 g/mol. The summed E-state index contributed by atoms with van der Waals surface area (Å²) in [7, 11) is 0. The normalized spacial score (nSPS) is 13.9. The van der Waals surface area contributed by atoms with Gasteiger partial charge in [-0.25, -0.2) is 4.79 Å². The lowest BCUT2D eigenvalue weighted by molar-refractivity contribution is 0.0519. The number of aromatic nitrogens is 1. The van der Waals surface area contributed by atoms with Gasteiger partial charge in [-0.15, -0.1) is 0 Å². The first kappa shape index (κ1) is 13.5. The molecule has 1 aromatic carbocycles. The van der Waals surface area contributed by atoms with Crippen molar-refractivity contribution in [1.29, 1.82) is 0 Å². The van der Waals surface area contributed by atoms with Crippen LogP contribution in [0, 0.1) is 0 Å². The monoisotopic (exact) mass is 287 g/mol. The molecule has 0 aliphatic carbocycles. The van der Waals surface area contributed by atoms with Crippen molar-refractivity contribution in [3.05, 3.63) is 41.3 Å². The van der Waals surface area contributed by atoms with Crippen molar-refractivity contribution in [3.8, 4) is 0 Å². The number of esters is 1. The van der Waals surface area contributed by atoms with E-state index >= 15 is 0 Å². The number of hydrogen-bond acceptors (Lipinski definition) is 6. The van der Waals surface area contributed by atoms with Gasteiger partial charge in [0.05, 0.1) is 6.61 Å². The maximum absolute atomic E-state index is 11.6. The number of nitrogens with zero attached hydrogens (tertiary/aromatic N) is 2. The Kier molecular flexibility index (Phi) is 3.51. The maximum Gasteiger partial charge on any atom is 0.360 e. The van der Waals surface area contributed by atoms with Crippen LogP contribution in [0.25, 0.3) is 0 Å². The van der Waals surface area contributed by atoms with Crippen LogP contribution in [-0.4, -0.2) is 24.1 Å². The van der Waals surface area contributed by atoms with Crippen molar-refractivity contribution in [2.24, 2.45) is 0 Å². The molecule has 0 amide bonds. The Morgan fingerprint density at radius 1 is 1.48 bits per heavy atom. The van der Waals surface area contributed by atoms with E-state index in [-0.39, 0.29) is 5.69 Å². The number of anilines is 2. The van der Waals surface area contributed by atoms with Gasteiger partial charge in [0.25, 0.3) is 6.01 Å². The van der Waals surface area contributed by atoms with E-state index in [4.69, 9.17) is 14.9 Å². The molecule has 6 heteroatoms. The molecule has 0 radical (unpaired) electrons. The van der Waals surface area contributed by atoms with Gasteiger partial charge in [0, 0.05) is 18.8 Å². The van der Waals surface area contributed by atoms with Crippen LogP contribution in [-0.2, 0) is 17.7 Å². The number of nitrogens with two attached hydrogens (primary N) is 1. The summed E-state index contributed by atoms with van der Waals surface area (Å²) in [5.74, 6) is -0.464. The number of ether oxygens (including phenoxy) is 1. The molecule has 6 nitrogen and oxygen atoms in total. The van der Waals surface area contributed by atoms with Crippen LogP contribution < -0.4 is 10.6 Å². The Morgan fingerprint density at radius 2 is 2.33 bits per heavy atom. The van der Waals surface area contributed by atoms with E-state index in [0.717, 1.165) is 24.2 Å². The zero-order valence-electron chi connectivity index (χ0n) is 11.8. The van der Waals surface area contributed by atoms with Gasteiger partial charge in [-0.3, -0.25) is 0 Å². The third kappa shape index (κ3) is 2.69. The molecule has 0 atom stereocenters. The number of oxazole rings is 1. The average molecular weight is 287 g/mol. The lowest BCUT2D eigenvalue weighted by Gasteiger charge is -2.27. The first-order valence-corrected chi connectivity index (χ1v) is 6.92. The zero-order valence-corrected chi connectivity index (χ0v) is 11.8. The third-order valence-corrected chi connectivity index (χ3v) is 3.49. The number of benzene rings is 1. The number of carbonyl (C=O) groups excluding carboxylic acids is 1. The largest absolute Gasteiger partial charge is 0.461 e. The Hall–Kier alpha value is -2.50. The van der Waals surface area contributed by atoms with Crippen LogP contribution in [0.1, 0.15) is 28.5 Å². The second kappa shape index (κ2) is 5.47. The molecule has 3 rings (SSSR count). The molecule has 0 fully saturated rings. The van der Waals surface area contributed by atoms with E-state index < -0.39 is 5.97 Å². The van der Waals surface area contributed by atoms with E-state index in [2.05, 4.69) is 11.1 Å². The van der Waals surface area contributed by atoms with Gasteiger partial charge in [0.1, 0.15) is 6.26 Å². The van der Waals surface area contributed by atoms with Gasteiger partial charge in [-0.05, 0) is 36.6 Å². The summed E-state index contributed by atoms with van der Waals surface area (Å²) in [4.78, 5) is 17.8. The Bertz CT molecular complexity index is 666. The van der Waals surface area contributed by atoms with Gasteiger partial charge in [-0.2, -0.15) is 4.98 Å². The highest BCUT2D eigenvalue weighted by atomic mass is 16.5. The van der Waals surface area contributed by atoms with Crippen molar-refractivity contribution >= 4 is 17.7 Å². The molecule has 2 N–H and O–H groups in total. The second-order valence-corrected chi connectivity index (χ2v) is 4.94. The van der Waals surface area contributed by atoms with Crippen molar-refractivity contribution in [1.82, 2.24) is 4.98 Å². The van der Waals surface area contributed by atoms with Crippen molar-refractivity contribution in [2.45, 2.75) is 19.9 Å². The summed E-state index contributed by atoms with van der Waals surface area (Å²) < 4.78 is 10.3. The van der Waals surface area contributed by atoms with Crippen LogP contribution in [0.2, 0.25) is 0 Å². The fourth-order valence-corrected chi connectivity index (χ4v) is 2.45. The molecule has 21 heavy (non-hydrogen) atoms. The van der Waals surface area contributed by atoms with E-state index in [1.807, 2.05) is 17.0 Å². The number of fused-ring (bicyclic) bond motifs is 1. The predicted octanol–water partition coefficient (Wildman–Crippen LogP) is 2.00. The summed E-state index contributed by atoms with van der Waals surface area (Å²) in [6, 6.07) is 6.38.